The molecule has 0 saturated heterocycles. The normalized spacial score (nSPS) is 12.3. The quantitative estimate of drug-likeness (QED) is 0.908. The fraction of sp³-hybridized carbons (Fsp3) is 0.231. The monoisotopic (exact) mass is 258 g/mol. The Morgan fingerprint density at radius 2 is 1.95 bits per heavy atom. The number of ether oxygens (including phenoxy) is 2. The first kappa shape index (κ1) is 11.6. The predicted octanol–water partition coefficient (Wildman–Crippen LogP) is 2.01. The van der Waals surface area contributed by atoms with Gasteiger partial charge in [-0.1, -0.05) is 0 Å². The highest BCUT2D eigenvalue weighted by Crippen LogP contribution is 2.34. The van der Waals surface area contributed by atoms with Crippen LogP contribution in [0.3, 0.4) is 0 Å². The summed E-state index contributed by atoms with van der Waals surface area (Å²) in [7, 11) is 3.87. The molecule has 0 amide bonds. The summed E-state index contributed by atoms with van der Waals surface area (Å²) in [5.41, 5.74) is 0.896. The lowest BCUT2D eigenvalue weighted by atomic mass is 10.3. The summed E-state index contributed by atoms with van der Waals surface area (Å²) in [6.45, 7) is 0.275. The van der Waals surface area contributed by atoms with Gasteiger partial charge in [-0.3, -0.25) is 0 Å². The molecule has 1 N–H and O–H groups in total. The standard InChI is InChI=1S/C13H14N4O2/c1-17(2)13-6-12(14-7-15-13)16-9-3-4-10-11(5-9)19-8-18-10/h3-7H,8H2,1-2H3,(H,14,15,16). The molecule has 6 nitrogen and oxygen atoms in total. The number of anilines is 3. The van der Waals surface area contributed by atoms with Gasteiger partial charge in [0, 0.05) is 31.9 Å². The summed E-state index contributed by atoms with van der Waals surface area (Å²) in [5, 5.41) is 3.22. The molecule has 0 radical (unpaired) electrons. The van der Waals surface area contributed by atoms with Crippen LogP contribution in [0.5, 0.6) is 11.5 Å². The van der Waals surface area contributed by atoms with Crippen LogP contribution in [0.1, 0.15) is 0 Å². The van der Waals surface area contributed by atoms with Gasteiger partial charge in [-0.05, 0) is 12.1 Å². The Kier molecular flexibility index (Phi) is 2.83. The minimum atomic E-state index is 0.275. The van der Waals surface area contributed by atoms with Crippen molar-refractivity contribution >= 4 is 17.3 Å². The Hall–Kier alpha value is -2.50. The molecule has 0 saturated carbocycles. The minimum absolute atomic E-state index is 0.275. The van der Waals surface area contributed by atoms with Crippen LogP contribution in [0, 0.1) is 0 Å². The van der Waals surface area contributed by atoms with E-state index in [0.717, 1.165) is 28.8 Å². The summed E-state index contributed by atoms with van der Waals surface area (Å²) in [6.07, 6.45) is 1.53. The van der Waals surface area contributed by atoms with E-state index in [1.54, 1.807) is 0 Å². The van der Waals surface area contributed by atoms with Crippen molar-refractivity contribution < 1.29 is 9.47 Å². The number of hydrogen-bond acceptors (Lipinski definition) is 6. The smallest absolute Gasteiger partial charge is 0.231 e. The van der Waals surface area contributed by atoms with Gasteiger partial charge in [0.1, 0.15) is 18.0 Å². The maximum atomic E-state index is 5.34. The summed E-state index contributed by atoms with van der Waals surface area (Å²) in [5.74, 6) is 3.09. The molecule has 6 heteroatoms. The molecule has 2 heterocycles. The van der Waals surface area contributed by atoms with Gasteiger partial charge >= 0.3 is 0 Å². The highest BCUT2D eigenvalue weighted by molar-refractivity contribution is 5.63. The highest BCUT2D eigenvalue weighted by Gasteiger charge is 2.13. The van der Waals surface area contributed by atoms with E-state index >= 15 is 0 Å². The van der Waals surface area contributed by atoms with Crippen LogP contribution in [0.4, 0.5) is 17.3 Å². The van der Waals surface area contributed by atoms with Crippen LogP contribution < -0.4 is 19.7 Å². The Labute approximate surface area is 111 Å². The zero-order chi connectivity index (χ0) is 13.2. The van der Waals surface area contributed by atoms with Gasteiger partial charge < -0.3 is 19.7 Å². The fourth-order valence-corrected chi connectivity index (χ4v) is 1.78. The van der Waals surface area contributed by atoms with Crippen LogP contribution in [-0.4, -0.2) is 30.9 Å². The number of rotatable bonds is 3. The Morgan fingerprint density at radius 1 is 1.11 bits per heavy atom. The average Bonchev–Trinajstić information content (AvgIpc) is 2.86. The van der Waals surface area contributed by atoms with Crippen molar-refractivity contribution in [1.82, 2.24) is 9.97 Å². The third kappa shape index (κ3) is 2.37. The molecule has 1 aliphatic rings. The van der Waals surface area contributed by atoms with E-state index in [1.165, 1.54) is 6.33 Å². The van der Waals surface area contributed by atoms with Gasteiger partial charge in [0.15, 0.2) is 11.5 Å². The molecule has 0 aliphatic carbocycles. The molecule has 1 aromatic carbocycles. The van der Waals surface area contributed by atoms with E-state index in [1.807, 2.05) is 43.3 Å². The molecule has 0 unspecified atom stereocenters. The Bertz CT molecular complexity index is 601. The van der Waals surface area contributed by atoms with Crippen molar-refractivity contribution in [2.75, 3.05) is 31.1 Å². The number of benzene rings is 1. The molecule has 0 spiro atoms. The zero-order valence-electron chi connectivity index (χ0n) is 10.8. The van der Waals surface area contributed by atoms with Crippen LogP contribution in [0.2, 0.25) is 0 Å². The molecule has 98 valence electrons. The van der Waals surface area contributed by atoms with E-state index in [-0.39, 0.29) is 6.79 Å². The summed E-state index contributed by atoms with van der Waals surface area (Å²) in [6, 6.07) is 7.56. The molecular weight excluding hydrogens is 244 g/mol. The van der Waals surface area contributed by atoms with Gasteiger partial charge in [-0.25, -0.2) is 9.97 Å². The molecule has 2 aromatic rings. The van der Waals surface area contributed by atoms with E-state index in [0.29, 0.717) is 0 Å². The van der Waals surface area contributed by atoms with E-state index in [4.69, 9.17) is 9.47 Å². The summed E-state index contributed by atoms with van der Waals surface area (Å²) < 4.78 is 10.6. The minimum Gasteiger partial charge on any atom is -0.454 e. The second-order valence-electron chi connectivity index (χ2n) is 4.35. The lowest BCUT2D eigenvalue weighted by Crippen LogP contribution is -2.11. The van der Waals surface area contributed by atoms with Crippen molar-refractivity contribution in [1.29, 1.82) is 0 Å². The molecular formula is C13H14N4O2. The third-order valence-electron chi connectivity index (χ3n) is 2.76. The highest BCUT2D eigenvalue weighted by atomic mass is 16.7. The van der Waals surface area contributed by atoms with Crippen molar-refractivity contribution in [3.05, 3.63) is 30.6 Å². The zero-order valence-corrected chi connectivity index (χ0v) is 10.8. The van der Waals surface area contributed by atoms with Gasteiger partial charge in [0.05, 0.1) is 0 Å². The van der Waals surface area contributed by atoms with Crippen LogP contribution >= 0.6 is 0 Å². The predicted molar refractivity (Wildman–Crippen MR) is 72.2 cm³/mol. The van der Waals surface area contributed by atoms with Crippen molar-refractivity contribution in [2.45, 2.75) is 0 Å². The number of aromatic nitrogens is 2. The molecule has 0 bridgehead atoms. The molecule has 1 aliphatic heterocycles. The van der Waals surface area contributed by atoms with Gasteiger partial charge in [0.25, 0.3) is 0 Å². The first-order valence-corrected chi connectivity index (χ1v) is 5.88. The lowest BCUT2D eigenvalue weighted by molar-refractivity contribution is 0.174. The number of fused-ring (bicyclic) bond motifs is 1. The lowest BCUT2D eigenvalue weighted by Gasteiger charge is -2.12. The Morgan fingerprint density at radius 3 is 2.79 bits per heavy atom. The maximum absolute atomic E-state index is 5.34. The SMILES string of the molecule is CN(C)c1cc(Nc2ccc3c(c2)OCO3)ncn1. The fourth-order valence-electron chi connectivity index (χ4n) is 1.78. The third-order valence-corrected chi connectivity index (χ3v) is 2.76. The largest absolute Gasteiger partial charge is 0.454 e. The first-order chi connectivity index (χ1) is 9.22. The first-order valence-electron chi connectivity index (χ1n) is 5.88. The second kappa shape index (κ2) is 4.64. The Balaban J connectivity index is 1.83. The summed E-state index contributed by atoms with van der Waals surface area (Å²) >= 11 is 0. The van der Waals surface area contributed by atoms with Gasteiger partial charge in [-0.15, -0.1) is 0 Å². The van der Waals surface area contributed by atoms with Gasteiger partial charge in [0.2, 0.25) is 6.79 Å². The second-order valence-corrected chi connectivity index (χ2v) is 4.35. The van der Waals surface area contributed by atoms with Gasteiger partial charge in [-0.2, -0.15) is 0 Å². The van der Waals surface area contributed by atoms with E-state index in [2.05, 4.69) is 15.3 Å². The van der Waals surface area contributed by atoms with Crippen molar-refractivity contribution in [3.8, 4) is 11.5 Å². The molecule has 0 atom stereocenters. The van der Waals surface area contributed by atoms with Crippen molar-refractivity contribution in [3.63, 3.8) is 0 Å². The molecule has 0 fully saturated rings. The van der Waals surface area contributed by atoms with E-state index < -0.39 is 0 Å². The van der Waals surface area contributed by atoms with Crippen molar-refractivity contribution in [2.24, 2.45) is 0 Å². The topological polar surface area (TPSA) is 59.5 Å². The molecule has 1 aromatic heterocycles. The number of nitrogens with zero attached hydrogens (tertiary/aromatic N) is 3. The maximum Gasteiger partial charge on any atom is 0.231 e. The van der Waals surface area contributed by atoms with E-state index in [9.17, 15) is 0 Å². The average molecular weight is 258 g/mol. The van der Waals surface area contributed by atoms with Crippen LogP contribution in [-0.2, 0) is 0 Å². The van der Waals surface area contributed by atoms with Crippen LogP contribution in [0.15, 0.2) is 30.6 Å². The molecule has 19 heavy (non-hydrogen) atoms. The van der Waals surface area contributed by atoms with Crippen LogP contribution in [0.25, 0.3) is 0 Å². The molecule has 3 rings (SSSR count). The number of hydrogen-bond donors (Lipinski definition) is 1. The number of nitrogens with one attached hydrogen (secondary N) is 1. The summed E-state index contributed by atoms with van der Waals surface area (Å²) in [4.78, 5) is 10.3.